The number of carbonyl (C=O) groups is 1. The minimum absolute atomic E-state index is 0.114. The molecule has 35 heavy (non-hydrogen) atoms. The molecule has 0 saturated heterocycles. The summed E-state index contributed by atoms with van der Waals surface area (Å²) in [5.41, 5.74) is 1.17. The number of fused-ring (bicyclic) bond motifs is 1. The van der Waals surface area contributed by atoms with Gasteiger partial charge in [-0.3, -0.25) is 14.8 Å². The monoisotopic (exact) mass is 481 g/mol. The number of benzene rings is 2. The summed E-state index contributed by atoms with van der Waals surface area (Å²) >= 11 is 0. The van der Waals surface area contributed by atoms with Gasteiger partial charge in [-0.1, -0.05) is 12.1 Å². The maximum atomic E-state index is 15.2. The van der Waals surface area contributed by atoms with Crippen LogP contribution in [0.2, 0.25) is 0 Å². The lowest BCUT2D eigenvalue weighted by Gasteiger charge is -2.17. The van der Waals surface area contributed by atoms with Crippen LogP contribution in [0.5, 0.6) is 11.5 Å². The second-order valence-corrected chi connectivity index (χ2v) is 8.18. The molecule has 2 aromatic carbocycles. The maximum Gasteiger partial charge on any atom is 0.258 e. The number of aromatic nitrogens is 2. The fourth-order valence-corrected chi connectivity index (χ4v) is 3.93. The molecule has 8 nitrogen and oxygen atoms in total. The molecule has 0 unspecified atom stereocenters. The third-order valence-corrected chi connectivity index (χ3v) is 5.49. The van der Waals surface area contributed by atoms with Crippen molar-refractivity contribution in [1.82, 2.24) is 20.2 Å². The van der Waals surface area contributed by atoms with Crippen LogP contribution >= 0.6 is 0 Å². The minimum Gasteiger partial charge on any atom is -0.494 e. The number of rotatable bonds is 6. The Hall–Kier alpha value is -3.92. The van der Waals surface area contributed by atoms with E-state index in [9.17, 15) is 4.79 Å². The number of methoxy groups -OCH3 is 2. The van der Waals surface area contributed by atoms with Crippen LogP contribution in [0.1, 0.15) is 23.2 Å². The molecule has 0 bridgehead atoms. The van der Waals surface area contributed by atoms with Gasteiger partial charge in [0.1, 0.15) is 11.4 Å². The Bertz CT molecular complexity index is 1330. The Morgan fingerprint density at radius 1 is 1.06 bits per heavy atom. The number of ether oxygens (including phenoxy) is 2. The molecule has 0 saturated carbocycles. The third-order valence-electron chi connectivity index (χ3n) is 5.49. The summed E-state index contributed by atoms with van der Waals surface area (Å²) in [5.74, 6) is -2.08. The summed E-state index contributed by atoms with van der Waals surface area (Å²) in [5, 5.41) is 2.84. The first-order chi connectivity index (χ1) is 16.8. The van der Waals surface area contributed by atoms with Crippen molar-refractivity contribution in [2.75, 3.05) is 34.9 Å². The fraction of sp³-hybridized carbons (Fsp3) is 0.280. The van der Waals surface area contributed by atoms with Crippen molar-refractivity contribution in [3.63, 3.8) is 0 Å². The van der Waals surface area contributed by atoms with Gasteiger partial charge in [-0.05, 0) is 26.6 Å². The topological polar surface area (TPSA) is 88.9 Å². The summed E-state index contributed by atoms with van der Waals surface area (Å²) in [6, 6.07) is 4.03. The number of aliphatic imine (C=N–C) groups is 1. The van der Waals surface area contributed by atoms with E-state index in [-0.39, 0.29) is 39.2 Å². The Labute approximate surface area is 201 Å². The van der Waals surface area contributed by atoms with Crippen molar-refractivity contribution in [2.24, 2.45) is 4.99 Å². The maximum absolute atomic E-state index is 15.2. The molecule has 4 rings (SSSR count). The number of allylic oxidation sites excluding steroid dienone is 1. The van der Waals surface area contributed by atoms with E-state index in [1.54, 1.807) is 0 Å². The predicted molar refractivity (Wildman–Crippen MR) is 129 cm³/mol. The zero-order valence-electron chi connectivity index (χ0n) is 19.9. The van der Waals surface area contributed by atoms with Gasteiger partial charge >= 0.3 is 0 Å². The second-order valence-electron chi connectivity index (χ2n) is 8.18. The average molecular weight is 482 g/mol. The van der Waals surface area contributed by atoms with Gasteiger partial charge in [0.15, 0.2) is 23.1 Å². The van der Waals surface area contributed by atoms with Gasteiger partial charge in [-0.2, -0.15) is 0 Å². The van der Waals surface area contributed by atoms with Crippen molar-refractivity contribution < 1.29 is 23.0 Å². The van der Waals surface area contributed by atoms with Crippen molar-refractivity contribution in [1.29, 1.82) is 0 Å². The van der Waals surface area contributed by atoms with E-state index in [2.05, 4.69) is 20.3 Å². The zero-order chi connectivity index (χ0) is 25.1. The second kappa shape index (κ2) is 10.1. The number of amidine groups is 1. The number of amides is 1. The third kappa shape index (κ3) is 4.83. The number of hydrogen-bond donors (Lipinski definition) is 1. The van der Waals surface area contributed by atoms with Gasteiger partial charge in [-0.15, -0.1) is 0 Å². The highest BCUT2D eigenvalue weighted by Crippen LogP contribution is 2.40. The van der Waals surface area contributed by atoms with Gasteiger partial charge in [0.25, 0.3) is 5.91 Å². The highest BCUT2D eigenvalue weighted by atomic mass is 19.1. The fourth-order valence-electron chi connectivity index (χ4n) is 3.93. The Morgan fingerprint density at radius 3 is 2.34 bits per heavy atom. The first-order valence-electron chi connectivity index (χ1n) is 10.9. The van der Waals surface area contributed by atoms with Crippen molar-refractivity contribution in [3.05, 3.63) is 59.6 Å². The van der Waals surface area contributed by atoms with Crippen LogP contribution in [0.3, 0.4) is 0 Å². The molecule has 2 heterocycles. The van der Waals surface area contributed by atoms with E-state index >= 15 is 8.78 Å². The van der Waals surface area contributed by atoms with Gasteiger partial charge < -0.3 is 19.7 Å². The molecular formula is C25H25F2N5O3. The number of nitrogens with zero attached hydrogens (tertiary/aromatic N) is 4. The van der Waals surface area contributed by atoms with E-state index in [1.165, 1.54) is 38.7 Å². The summed E-state index contributed by atoms with van der Waals surface area (Å²) in [6.07, 6.45) is 6.20. The number of nitrogens with one attached hydrogen (secondary N) is 1. The van der Waals surface area contributed by atoms with Gasteiger partial charge in [-0.25, -0.2) is 13.8 Å². The highest BCUT2D eigenvalue weighted by molar-refractivity contribution is 6.13. The molecule has 10 heteroatoms. The molecule has 1 N–H and O–H groups in total. The molecular weight excluding hydrogens is 456 g/mol. The summed E-state index contributed by atoms with van der Waals surface area (Å²) < 4.78 is 40.5. The zero-order valence-corrected chi connectivity index (χ0v) is 19.9. The molecule has 1 aliphatic heterocycles. The SMILES string of the molecule is COc1cc(OC)c(F)c(-c2ccc(C(=O)NC3=NC(CN(C)C)=CCC3)c3nccnc23)c1F. The molecule has 3 aromatic rings. The lowest BCUT2D eigenvalue weighted by Crippen LogP contribution is -2.32. The van der Waals surface area contributed by atoms with Crippen molar-refractivity contribution >= 4 is 22.8 Å². The summed E-state index contributed by atoms with van der Waals surface area (Å²) in [6.45, 7) is 0.656. The van der Waals surface area contributed by atoms with Crippen LogP contribution in [0.25, 0.3) is 22.2 Å². The quantitative estimate of drug-likeness (QED) is 0.573. The first-order valence-corrected chi connectivity index (χ1v) is 10.9. The molecule has 1 amide bonds. The van der Waals surface area contributed by atoms with E-state index < -0.39 is 17.5 Å². The largest absolute Gasteiger partial charge is 0.494 e. The van der Waals surface area contributed by atoms with E-state index in [0.29, 0.717) is 18.8 Å². The number of halogens is 2. The molecule has 1 aliphatic rings. The van der Waals surface area contributed by atoms with E-state index in [4.69, 9.17) is 9.47 Å². The summed E-state index contributed by atoms with van der Waals surface area (Å²) in [4.78, 5) is 28.3. The first kappa shape index (κ1) is 24.2. The van der Waals surface area contributed by atoms with Crippen LogP contribution in [0.15, 0.2) is 47.4 Å². The van der Waals surface area contributed by atoms with Gasteiger partial charge in [0.2, 0.25) is 0 Å². The molecule has 0 fully saturated rings. The number of carbonyl (C=O) groups excluding carboxylic acids is 1. The van der Waals surface area contributed by atoms with Crippen molar-refractivity contribution in [2.45, 2.75) is 12.8 Å². The lowest BCUT2D eigenvalue weighted by molar-refractivity contribution is 0.0977. The molecule has 0 atom stereocenters. The van der Waals surface area contributed by atoms with Gasteiger partial charge in [0, 0.05) is 37.0 Å². The predicted octanol–water partition coefficient (Wildman–Crippen LogP) is 3.96. The lowest BCUT2D eigenvalue weighted by atomic mass is 9.98. The van der Waals surface area contributed by atoms with Gasteiger partial charge in [0.05, 0.1) is 36.6 Å². The van der Waals surface area contributed by atoms with E-state index in [1.807, 2.05) is 25.1 Å². The highest BCUT2D eigenvalue weighted by Gasteiger charge is 2.25. The average Bonchev–Trinajstić information content (AvgIpc) is 2.84. The van der Waals surface area contributed by atoms with E-state index in [0.717, 1.165) is 18.2 Å². The Kier molecular flexibility index (Phi) is 7.02. The minimum atomic E-state index is -0.910. The van der Waals surface area contributed by atoms with Crippen LogP contribution in [0, 0.1) is 11.6 Å². The molecule has 182 valence electrons. The molecule has 0 aliphatic carbocycles. The van der Waals surface area contributed by atoms with Crippen LogP contribution in [-0.2, 0) is 0 Å². The van der Waals surface area contributed by atoms with Crippen LogP contribution < -0.4 is 14.8 Å². The van der Waals surface area contributed by atoms with Crippen molar-refractivity contribution in [3.8, 4) is 22.6 Å². The molecule has 0 radical (unpaired) electrons. The number of hydrogen-bond acceptors (Lipinski definition) is 7. The standard InChI is InChI=1S/C25H25F2N5O3/c1-32(2)13-14-6-5-7-19(30-14)31-25(33)16-9-8-15(23-24(16)29-11-10-28-23)20-21(26)17(34-3)12-18(35-4)22(20)27/h6,8-12H,5,7,13H2,1-4H3,(H,30,31,33). The molecule has 0 spiro atoms. The Morgan fingerprint density at radius 2 is 1.71 bits per heavy atom. The van der Waals surface area contributed by atoms with Crippen LogP contribution in [-0.4, -0.2) is 61.5 Å². The smallest absolute Gasteiger partial charge is 0.258 e. The number of likely N-dealkylation sites (N-methyl/N-ethyl adjacent to an activating group) is 1. The molecule has 1 aromatic heterocycles. The Balaban J connectivity index is 1.77. The normalized spacial score (nSPS) is 13.5. The van der Waals surface area contributed by atoms with Crippen LogP contribution in [0.4, 0.5) is 8.78 Å². The summed E-state index contributed by atoms with van der Waals surface area (Å²) in [7, 11) is 6.44.